The zero-order valence-corrected chi connectivity index (χ0v) is 12.1. The van der Waals surface area contributed by atoms with E-state index in [2.05, 4.69) is 4.98 Å². The zero-order chi connectivity index (χ0) is 14.7. The molecule has 1 aromatic heterocycles. The van der Waals surface area contributed by atoms with Gasteiger partial charge in [0.25, 0.3) is 0 Å². The molecule has 0 saturated heterocycles. The van der Waals surface area contributed by atoms with Crippen LogP contribution >= 0.6 is 0 Å². The number of rotatable bonds is 4. The summed E-state index contributed by atoms with van der Waals surface area (Å²) in [5.41, 5.74) is 2.64. The molecule has 0 aliphatic carbocycles. The highest BCUT2D eigenvalue weighted by molar-refractivity contribution is 6.11. The molecular formula is C16H17NO3. The number of nitrogens with zero attached hydrogens (tertiary/aromatic N) is 1. The number of aryl methyl sites for hydroxylation is 2. The quantitative estimate of drug-likeness (QED) is 0.802. The Labute approximate surface area is 118 Å². The number of hydrogen-bond donors (Lipinski definition) is 0. The fourth-order valence-corrected chi connectivity index (χ4v) is 2.06. The number of methoxy groups -OCH3 is 2. The molecule has 20 heavy (non-hydrogen) atoms. The lowest BCUT2D eigenvalue weighted by atomic mass is 10.0. The highest BCUT2D eigenvalue weighted by Gasteiger charge is 2.18. The summed E-state index contributed by atoms with van der Waals surface area (Å²) < 4.78 is 10.4. The second kappa shape index (κ2) is 5.74. The molecule has 2 aromatic rings. The van der Waals surface area contributed by atoms with E-state index in [-0.39, 0.29) is 5.78 Å². The molecule has 0 N–H and O–H groups in total. The van der Waals surface area contributed by atoms with Gasteiger partial charge in [0.15, 0.2) is 5.78 Å². The molecule has 0 saturated carbocycles. The Balaban J connectivity index is 2.51. The first-order chi connectivity index (χ1) is 9.56. The fraction of sp³-hybridized carbons (Fsp3) is 0.250. The first-order valence-corrected chi connectivity index (χ1v) is 6.27. The van der Waals surface area contributed by atoms with Crippen LogP contribution in [0.1, 0.15) is 27.3 Å². The van der Waals surface area contributed by atoms with E-state index < -0.39 is 0 Å². The third-order valence-corrected chi connectivity index (χ3v) is 3.12. The molecule has 104 valence electrons. The van der Waals surface area contributed by atoms with E-state index in [0.29, 0.717) is 28.3 Å². The van der Waals surface area contributed by atoms with Crippen molar-refractivity contribution in [2.75, 3.05) is 14.2 Å². The summed E-state index contributed by atoms with van der Waals surface area (Å²) in [6, 6.07) is 8.78. The molecule has 4 nitrogen and oxygen atoms in total. The van der Waals surface area contributed by atoms with Gasteiger partial charge in [-0.2, -0.15) is 0 Å². The minimum atomic E-state index is -0.120. The normalized spacial score (nSPS) is 10.2. The van der Waals surface area contributed by atoms with Crippen LogP contribution < -0.4 is 9.47 Å². The average molecular weight is 271 g/mol. The maximum Gasteiger partial charge on any atom is 0.198 e. The van der Waals surface area contributed by atoms with Crippen LogP contribution in [0.5, 0.6) is 11.5 Å². The molecule has 1 aromatic carbocycles. The van der Waals surface area contributed by atoms with Crippen LogP contribution in [0.15, 0.2) is 30.3 Å². The summed E-state index contributed by atoms with van der Waals surface area (Å²) in [6.07, 6.45) is 0. The molecule has 0 unspecified atom stereocenters. The summed E-state index contributed by atoms with van der Waals surface area (Å²) in [7, 11) is 3.10. The molecule has 0 fully saturated rings. The van der Waals surface area contributed by atoms with Gasteiger partial charge in [0, 0.05) is 17.0 Å². The van der Waals surface area contributed by atoms with Gasteiger partial charge in [-0.3, -0.25) is 9.78 Å². The summed E-state index contributed by atoms with van der Waals surface area (Å²) >= 11 is 0. The van der Waals surface area contributed by atoms with Gasteiger partial charge in [0.1, 0.15) is 11.5 Å². The maximum absolute atomic E-state index is 12.7. The van der Waals surface area contributed by atoms with Crippen LogP contribution in [0.2, 0.25) is 0 Å². The van der Waals surface area contributed by atoms with Gasteiger partial charge in [-0.1, -0.05) is 0 Å². The second-order valence-electron chi connectivity index (χ2n) is 4.48. The number of benzene rings is 1. The second-order valence-corrected chi connectivity index (χ2v) is 4.48. The largest absolute Gasteiger partial charge is 0.497 e. The standard InChI is InChI=1S/C16H17NO3/c1-10-5-7-13(11(2)17-10)16(18)14-9-12(19-3)6-8-15(14)20-4/h5-9H,1-4H3. The lowest BCUT2D eigenvalue weighted by molar-refractivity contribution is 0.103. The summed E-state index contributed by atoms with van der Waals surface area (Å²) in [6.45, 7) is 3.72. The van der Waals surface area contributed by atoms with Crippen molar-refractivity contribution in [2.24, 2.45) is 0 Å². The number of carbonyl (C=O) groups excluding carboxylic acids is 1. The van der Waals surface area contributed by atoms with E-state index in [1.165, 1.54) is 0 Å². The molecule has 0 bridgehead atoms. The lowest BCUT2D eigenvalue weighted by Crippen LogP contribution is -2.08. The van der Waals surface area contributed by atoms with Gasteiger partial charge in [-0.15, -0.1) is 0 Å². The van der Waals surface area contributed by atoms with Crippen molar-refractivity contribution in [3.63, 3.8) is 0 Å². The van der Waals surface area contributed by atoms with Crippen molar-refractivity contribution in [3.05, 3.63) is 52.8 Å². The number of hydrogen-bond acceptors (Lipinski definition) is 4. The van der Waals surface area contributed by atoms with Crippen molar-refractivity contribution in [1.82, 2.24) is 4.98 Å². The molecule has 0 atom stereocenters. The molecule has 4 heteroatoms. The summed E-state index contributed by atoms with van der Waals surface area (Å²) in [4.78, 5) is 17.0. The van der Waals surface area contributed by atoms with Gasteiger partial charge in [0.05, 0.1) is 19.8 Å². The van der Waals surface area contributed by atoms with Crippen LogP contribution in [0.4, 0.5) is 0 Å². The third-order valence-electron chi connectivity index (χ3n) is 3.12. The third kappa shape index (κ3) is 2.64. The molecular weight excluding hydrogens is 254 g/mol. The number of ketones is 1. The van der Waals surface area contributed by atoms with Crippen LogP contribution in [0.25, 0.3) is 0 Å². The number of aromatic nitrogens is 1. The number of carbonyl (C=O) groups is 1. The minimum absolute atomic E-state index is 0.120. The first-order valence-electron chi connectivity index (χ1n) is 6.27. The van der Waals surface area contributed by atoms with Crippen molar-refractivity contribution in [3.8, 4) is 11.5 Å². The average Bonchev–Trinajstić information content (AvgIpc) is 2.46. The van der Waals surface area contributed by atoms with Gasteiger partial charge < -0.3 is 9.47 Å². The molecule has 0 radical (unpaired) electrons. The van der Waals surface area contributed by atoms with Crippen LogP contribution in [0, 0.1) is 13.8 Å². The predicted octanol–water partition coefficient (Wildman–Crippen LogP) is 2.95. The smallest absolute Gasteiger partial charge is 0.198 e. The Hall–Kier alpha value is -2.36. The summed E-state index contributed by atoms with van der Waals surface area (Å²) in [5.74, 6) is 1.02. The van der Waals surface area contributed by atoms with Crippen molar-refractivity contribution in [2.45, 2.75) is 13.8 Å². The maximum atomic E-state index is 12.7. The van der Waals surface area contributed by atoms with Gasteiger partial charge in [-0.05, 0) is 44.2 Å². The highest BCUT2D eigenvalue weighted by atomic mass is 16.5. The lowest BCUT2D eigenvalue weighted by Gasteiger charge is -2.11. The van der Waals surface area contributed by atoms with Gasteiger partial charge in [0.2, 0.25) is 0 Å². The van der Waals surface area contributed by atoms with Crippen molar-refractivity contribution < 1.29 is 14.3 Å². The van der Waals surface area contributed by atoms with E-state index in [1.807, 2.05) is 19.9 Å². The SMILES string of the molecule is COc1ccc(OC)c(C(=O)c2ccc(C)nc2C)c1. The van der Waals surface area contributed by atoms with E-state index in [4.69, 9.17) is 9.47 Å². The number of pyridine rings is 1. The van der Waals surface area contributed by atoms with Crippen LogP contribution in [-0.2, 0) is 0 Å². The van der Waals surface area contributed by atoms with Gasteiger partial charge in [-0.25, -0.2) is 0 Å². The van der Waals surface area contributed by atoms with Gasteiger partial charge >= 0.3 is 0 Å². The van der Waals surface area contributed by atoms with Crippen LogP contribution in [0.3, 0.4) is 0 Å². The molecule has 0 aliphatic heterocycles. The monoisotopic (exact) mass is 271 g/mol. The van der Waals surface area contributed by atoms with Crippen molar-refractivity contribution >= 4 is 5.78 Å². The van der Waals surface area contributed by atoms with E-state index in [9.17, 15) is 4.79 Å². The molecule has 2 rings (SSSR count). The number of ether oxygens (including phenoxy) is 2. The van der Waals surface area contributed by atoms with Crippen molar-refractivity contribution in [1.29, 1.82) is 0 Å². The topological polar surface area (TPSA) is 48.4 Å². The minimum Gasteiger partial charge on any atom is -0.497 e. The van der Waals surface area contributed by atoms with E-state index in [0.717, 1.165) is 5.69 Å². The first kappa shape index (κ1) is 14.1. The highest BCUT2D eigenvalue weighted by Crippen LogP contribution is 2.27. The Morgan fingerprint density at radius 1 is 1.00 bits per heavy atom. The Morgan fingerprint density at radius 2 is 1.75 bits per heavy atom. The molecule has 1 heterocycles. The molecule has 0 aliphatic rings. The van der Waals surface area contributed by atoms with E-state index in [1.54, 1.807) is 38.5 Å². The summed E-state index contributed by atoms with van der Waals surface area (Å²) in [5, 5.41) is 0. The fourth-order valence-electron chi connectivity index (χ4n) is 2.06. The Kier molecular flexibility index (Phi) is 4.03. The Morgan fingerprint density at radius 3 is 2.35 bits per heavy atom. The molecule has 0 spiro atoms. The zero-order valence-electron chi connectivity index (χ0n) is 12.1. The predicted molar refractivity (Wildman–Crippen MR) is 76.7 cm³/mol. The molecule has 0 amide bonds. The van der Waals surface area contributed by atoms with Crippen LogP contribution in [-0.4, -0.2) is 25.0 Å². The van der Waals surface area contributed by atoms with E-state index >= 15 is 0 Å². The Bertz CT molecular complexity index is 650.